The molecule has 0 amide bonds. The van der Waals surface area contributed by atoms with Crippen molar-refractivity contribution >= 4 is 11.5 Å². The number of fused-ring (bicyclic) bond motifs is 2. The molecule has 0 saturated carbocycles. The number of nitrogens with one attached hydrogen (secondary N) is 1. The van der Waals surface area contributed by atoms with Crippen molar-refractivity contribution in [1.29, 1.82) is 0 Å². The van der Waals surface area contributed by atoms with Gasteiger partial charge in [0.15, 0.2) is 5.78 Å². The van der Waals surface area contributed by atoms with Crippen LogP contribution in [0.25, 0.3) is 0 Å². The lowest BCUT2D eigenvalue weighted by Gasteiger charge is -2.47. The minimum atomic E-state index is 0.0943. The van der Waals surface area contributed by atoms with Gasteiger partial charge in [0.25, 0.3) is 0 Å². The fourth-order valence-corrected chi connectivity index (χ4v) is 4.51. The van der Waals surface area contributed by atoms with Crippen molar-refractivity contribution < 1.29 is 4.79 Å². The molecule has 1 N–H and O–H groups in total. The Kier molecular flexibility index (Phi) is 4.58. The van der Waals surface area contributed by atoms with Crippen LogP contribution in [0.5, 0.6) is 0 Å². The number of piperidine rings is 2. The van der Waals surface area contributed by atoms with Crippen LogP contribution in [0.2, 0.25) is 0 Å². The smallest absolute Gasteiger partial charge is 0.195 e. The van der Waals surface area contributed by atoms with Crippen LogP contribution in [0.15, 0.2) is 54.6 Å². The average molecular weight is 334 g/mol. The fraction of sp³-hybridized carbons (Fsp3) is 0.409. The van der Waals surface area contributed by atoms with E-state index in [-0.39, 0.29) is 5.78 Å². The van der Waals surface area contributed by atoms with Crippen molar-refractivity contribution in [2.24, 2.45) is 0 Å². The quantitative estimate of drug-likeness (QED) is 0.844. The van der Waals surface area contributed by atoms with Gasteiger partial charge in [-0.25, -0.2) is 0 Å². The van der Waals surface area contributed by atoms with Crippen molar-refractivity contribution in [3.05, 3.63) is 65.7 Å². The third-order valence-electron chi connectivity index (χ3n) is 5.91. The molecule has 2 atom stereocenters. The van der Waals surface area contributed by atoms with Crippen molar-refractivity contribution in [1.82, 2.24) is 4.90 Å². The fourth-order valence-electron chi connectivity index (χ4n) is 4.51. The van der Waals surface area contributed by atoms with Gasteiger partial charge < -0.3 is 10.2 Å². The van der Waals surface area contributed by atoms with Crippen LogP contribution in [0, 0.1) is 0 Å². The molecule has 2 saturated heterocycles. The molecule has 130 valence electrons. The Balaban J connectivity index is 1.55. The average Bonchev–Trinajstić information content (AvgIpc) is 2.63. The highest BCUT2D eigenvalue weighted by Gasteiger charge is 2.36. The number of carbonyl (C=O) groups excluding carboxylic acids is 1. The maximum atomic E-state index is 12.9. The maximum absolute atomic E-state index is 12.9. The maximum Gasteiger partial charge on any atom is 0.195 e. The van der Waals surface area contributed by atoms with Crippen molar-refractivity contribution in [2.75, 3.05) is 12.4 Å². The molecule has 2 unspecified atom stereocenters. The summed E-state index contributed by atoms with van der Waals surface area (Å²) in [5, 5.41) is 3.70. The van der Waals surface area contributed by atoms with Gasteiger partial charge >= 0.3 is 0 Å². The van der Waals surface area contributed by atoms with E-state index in [1.54, 1.807) is 0 Å². The van der Waals surface area contributed by atoms with Gasteiger partial charge in [-0.05, 0) is 44.9 Å². The lowest BCUT2D eigenvalue weighted by Crippen LogP contribution is -2.52. The third kappa shape index (κ3) is 3.34. The summed E-state index contributed by atoms with van der Waals surface area (Å²) in [7, 11) is 2.28. The number of benzene rings is 2. The highest BCUT2D eigenvalue weighted by atomic mass is 16.1. The van der Waals surface area contributed by atoms with Crippen molar-refractivity contribution in [3.63, 3.8) is 0 Å². The van der Waals surface area contributed by atoms with Crippen molar-refractivity contribution in [2.45, 2.75) is 50.2 Å². The molecule has 3 heteroatoms. The van der Waals surface area contributed by atoms with Gasteiger partial charge in [0.05, 0.1) is 0 Å². The topological polar surface area (TPSA) is 32.3 Å². The van der Waals surface area contributed by atoms with Gasteiger partial charge in [0.2, 0.25) is 0 Å². The lowest BCUT2D eigenvalue weighted by molar-refractivity contribution is 0.0608. The number of carbonyl (C=O) groups is 1. The number of anilines is 1. The van der Waals surface area contributed by atoms with E-state index >= 15 is 0 Å². The molecule has 0 aliphatic carbocycles. The molecule has 2 aliphatic rings. The summed E-state index contributed by atoms with van der Waals surface area (Å²) in [6.45, 7) is 0. The number of hydrogen-bond acceptors (Lipinski definition) is 3. The van der Waals surface area contributed by atoms with Crippen molar-refractivity contribution in [3.8, 4) is 0 Å². The van der Waals surface area contributed by atoms with E-state index in [0.717, 1.165) is 16.8 Å². The molecule has 2 bridgehead atoms. The Bertz CT molecular complexity index is 729. The van der Waals surface area contributed by atoms with Gasteiger partial charge in [-0.15, -0.1) is 0 Å². The van der Waals surface area contributed by atoms with E-state index in [0.29, 0.717) is 18.1 Å². The molecular formula is C22H26N2O. The van der Waals surface area contributed by atoms with E-state index in [9.17, 15) is 4.79 Å². The first-order chi connectivity index (χ1) is 12.2. The lowest BCUT2D eigenvalue weighted by atomic mass is 9.82. The highest BCUT2D eigenvalue weighted by Crippen LogP contribution is 2.34. The third-order valence-corrected chi connectivity index (χ3v) is 5.91. The first kappa shape index (κ1) is 16.3. The molecular weight excluding hydrogens is 308 g/mol. The minimum Gasteiger partial charge on any atom is -0.382 e. The van der Waals surface area contributed by atoms with E-state index < -0.39 is 0 Å². The normalized spacial score (nSPS) is 26.2. The Morgan fingerprint density at radius 2 is 1.60 bits per heavy atom. The van der Waals surface area contributed by atoms with Crippen LogP contribution in [0.4, 0.5) is 5.69 Å². The van der Waals surface area contributed by atoms with E-state index in [2.05, 4.69) is 17.3 Å². The van der Waals surface area contributed by atoms with Gasteiger partial charge in [-0.2, -0.15) is 0 Å². The summed E-state index contributed by atoms with van der Waals surface area (Å²) >= 11 is 0. The monoisotopic (exact) mass is 334 g/mol. The summed E-state index contributed by atoms with van der Waals surface area (Å²) in [4.78, 5) is 15.5. The number of ketones is 1. The molecule has 2 aliphatic heterocycles. The summed E-state index contributed by atoms with van der Waals surface area (Å²) < 4.78 is 0. The summed E-state index contributed by atoms with van der Waals surface area (Å²) in [5.41, 5.74) is 2.50. The second kappa shape index (κ2) is 7.01. The number of rotatable bonds is 4. The largest absolute Gasteiger partial charge is 0.382 e. The minimum absolute atomic E-state index is 0.0943. The van der Waals surface area contributed by atoms with Crippen LogP contribution < -0.4 is 5.32 Å². The van der Waals surface area contributed by atoms with Crippen LogP contribution in [-0.4, -0.2) is 35.9 Å². The predicted molar refractivity (Wildman–Crippen MR) is 102 cm³/mol. The number of hydrogen-bond donors (Lipinski definition) is 1. The van der Waals surface area contributed by atoms with Crippen LogP contribution >= 0.6 is 0 Å². The zero-order valence-electron chi connectivity index (χ0n) is 14.8. The van der Waals surface area contributed by atoms with Gasteiger partial charge in [-0.3, -0.25) is 4.79 Å². The Morgan fingerprint density at radius 3 is 2.32 bits per heavy atom. The Morgan fingerprint density at radius 1 is 0.960 bits per heavy atom. The van der Waals surface area contributed by atoms with Gasteiger partial charge in [0.1, 0.15) is 0 Å². The summed E-state index contributed by atoms with van der Waals surface area (Å²) in [6.07, 6.45) is 6.29. The molecule has 0 spiro atoms. The van der Waals surface area contributed by atoms with E-state index in [4.69, 9.17) is 0 Å². The zero-order valence-corrected chi connectivity index (χ0v) is 14.8. The molecule has 0 aromatic heterocycles. The summed E-state index contributed by atoms with van der Waals surface area (Å²) in [6, 6.07) is 19.3. The summed E-state index contributed by atoms with van der Waals surface area (Å²) in [5.74, 6) is 0.0943. The SMILES string of the molecule is CN1C2CCCC1CC(Nc1ccccc1C(=O)c1ccccc1)C2. The predicted octanol–water partition coefficient (Wildman–Crippen LogP) is 4.34. The second-order valence-corrected chi connectivity index (χ2v) is 7.46. The van der Waals surface area contributed by atoms with Crippen LogP contribution in [0.1, 0.15) is 48.0 Å². The van der Waals surface area contributed by atoms with E-state index in [1.807, 2.05) is 54.6 Å². The van der Waals surface area contributed by atoms with Gasteiger partial charge in [0, 0.05) is 34.9 Å². The second-order valence-electron chi connectivity index (χ2n) is 7.46. The molecule has 3 nitrogen and oxygen atoms in total. The Hall–Kier alpha value is -2.13. The molecule has 2 heterocycles. The van der Waals surface area contributed by atoms with Crippen LogP contribution in [0.3, 0.4) is 0 Å². The first-order valence-corrected chi connectivity index (χ1v) is 9.39. The number of nitrogens with zero attached hydrogens (tertiary/aromatic N) is 1. The molecule has 4 rings (SSSR count). The molecule has 2 aromatic rings. The first-order valence-electron chi connectivity index (χ1n) is 9.39. The van der Waals surface area contributed by atoms with Gasteiger partial charge in [-0.1, -0.05) is 48.9 Å². The molecule has 2 fully saturated rings. The molecule has 0 radical (unpaired) electrons. The highest BCUT2D eigenvalue weighted by molar-refractivity contribution is 6.12. The standard InChI is InChI=1S/C22H26N2O/c1-24-18-10-7-11-19(24)15-17(14-18)23-21-13-6-5-12-20(21)22(25)16-8-3-2-4-9-16/h2-6,8-9,12-13,17-19,23H,7,10-11,14-15H2,1H3. The van der Waals surface area contributed by atoms with E-state index in [1.165, 1.54) is 32.1 Å². The Labute approximate surface area is 150 Å². The molecule has 2 aromatic carbocycles. The zero-order chi connectivity index (χ0) is 17.2. The molecule has 25 heavy (non-hydrogen) atoms. The number of para-hydroxylation sites is 1. The van der Waals surface area contributed by atoms with Crippen LogP contribution in [-0.2, 0) is 0 Å².